The van der Waals surface area contributed by atoms with Gasteiger partial charge in [-0.15, -0.1) is 11.3 Å². The van der Waals surface area contributed by atoms with Gasteiger partial charge in [0.05, 0.1) is 5.02 Å². The highest BCUT2D eigenvalue weighted by Gasteiger charge is 1.98. The normalized spacial score (nSPS) is 10.5. The smallest absolute Gasteiger partial charge is 0.0516 e. The number of hydrogen-bond acceptors (Lipinski definition) is 2. The minimum Gasteiger partial charge on any atom is -0.380 e. The molecule has 0 aliphatic heterocycles. The minimum absolute atomic E-state index is 0.824. The van der Waals surface area contributed by atoms with Crippen LogP contribution in [0.15, 0.2) is 35.7 Å². The molecule has 2 rings (SSSR count). The van der Waals surface area contributed by atoms with Gasteiger partial charge in [-0.2, -0.15) is 0 Å². The van der Waals surface area contributed by atoms with Crippen molar-refractivity contribution in [1.82, 2.24) is 0 Å². The van der Waals surface area contributed by atoms with E-state index in [1.165, 1.54) is 16.9 Å². The number of thiophene rings is 1. The number of benzene rings is 1. The fraction of sp³-hybridized carbons (Fsp3) is 0.286. The van der Waals surface area contributed by atoms with Gasteiger partial charge in [0.25, 0.3) is 0 Å². The Morgan fingerprint density at radius 1 is 1.24 bits per heavy atom. The second-order valence-corrected chi connectivity index (χ2v) is 5.46. The predicted molar refractivity (Wildman–Crippen MR) is 77.1 cm³/mol. The van der Waals surface area contributed by atoms with Gasteiger partial charge in [-0.3, -0.25) is 0 Å². The Hall–Kier alpha value is -0.990. The van der Waals surface area contributed by atoms with Crippen molar-refractivity contribution in [3.05, 3.63) is 51.2 Å². The summed E-state index contributed by atoms with van der Waals surface area (Å²) >= 11 is 7.57. The highest BCUT2D eigenvalue weighted by atomic mass is 35.5. The summed E-state index contributed by atoms with van der Waals surface area (Å²) in [5.41, 5.74) is 2.56. The van der Waals surface area contributed by atoms with Crippen LogP contribution in [0.5, 0.6) is 0 Å². The SMILES string of the molecule is CCCc1ccc(NCc2cc(Cl)cs2)cc1. The molecule has 0 saturated carbocycles. The molecule has 1 heterocycles. The van der Waals surface area contributed by atoms with Crippen molar-refractivity contribution in [2.24, 2.45) is 0 Å². The van der Waals surface area contributed by atoms with Crippen LogP contribution >= 0.6 is 22.9 Å². The van der Waals surface area contributed by atoms with Crippen molar-refractivity contribution in [3.8, 4) is 0 Å². The maximum atomic E-state index is 5.88. The number of hydrogen-bond donors (Lipinski definition) is 1. The fourth-order valence-corrected chi connectivity index (χ4v) is 2.73. The second kappa shape index (κ2) is 6.08. The van der Waals surface area contributed by atoms with Crippen LogP contribution in [0.3, 0.4) is 0 Å². The molecule has 1 N–H and O–H groups in total. The Kier molecular flexibility index (Phi) is 4.46. The maximum Gasteiger partial charge on any atom is 0.0516 e. The van der Waals surface area contributed by atoms with Crippen molar-refractivity contribution >= 4 is 28.6 Å². The van der Waals surface area contributed by atoms with E-state index >= 15 is 0 Å². The third-order valence-electron chi connectivity index (χ3n) is 2.58. The average molecular weight is 266 g/mol. The lowest BCUT2D eigenvalue weighted by Crippen LogP contribution is -1.97. The van der Waals surface area contributed by atoms with Crippen molar-refractivity contribution in [1.29, 1.82) is 0 Å². The van der Waals surface area contributed by atoms with E-state index in [2.05, 4.69) is 36.5 Å². The molecular weight excluding hydrogens is 250 g/mol. The Bertz CT molecular complexity index is 461. The third kappa shape index (κ3) is 3.76. The van der Waals surface area contributed by atoms with Crippen molar-refractivity contribution in [2.45, 2.75) is 26.3 Å². The topological polar surface area (TPSA) is 12.0 Å². The lowest BCUT2D eigenvalue weighted by molar-refractivity contribution is 0.922. The Morgan fingerprint density at radius 3 is 2.59 bits per heavy atom. The predicted octanol–water partition coefficient (Wildman–Crippen LogP) is 4.97. The van der Waals surface area contributed by atoms with E-state index in [4.69, 9.17) is 11.6 Å². The molecule has 0 saturated heterocycles. The van der Waals surface area contributed by atoms with E-state index in [1.54, 1.807) is 11.3 Å². The molecule has 3 heteroatoms. The van der Waals surface area contributed by atoms with E-state index < -0.39 is 0 Å². The molecule has 0 radical (unpaired) electrons. The Labute approximate surface area is 111 Å². The molecule has 1 nitrogen and oxygen atoms in total. The number of halogens is 1. The minimum atomic E-state index is 0.824. The molecule has 0 aliphatic rings. The van der Waals surface area contributed by atoms with Crippen LogP contribution in [0.1, 0.15) is 23.8 Å². The first-order valence-electron chi connectivity index (χ1n) is 5.83. The molecule has 0 bridgehead atoms. The number of nitrogens with one attached hydrogen (secondary N) is 1. The Balaban J connectivity index is 1.90. The second-order valence-electron chi connectivity index (χ2n) is 4.03. The molecule has 1 aromatic heterocycles. The zero-order chi connectivity index (χ0) is 12.1. The summed E-state index contributed by atoms with van der Waals surface area (Å²) in [4.78, 5) is 1.26. The summed E-state index contributed by atoms with van der Waals surface area (Å²) in [6.07, 6.45) is 2.35. The largest absolute Gasteiger partial charge is 0.380 e. The lowest BCUT2D eigenvalue weighted by atomic mass is 10.1. The van der Waals surface area contributed by atoms with E-state index in [1.807, 2.05) is 11.4 Å². The highest BCUT2D eigenvalue weighted by Crippen LogP contribution is 2.20. The van der Waals surface area contributed by atoms with E-state index in [-0.39, 0.29) is 0 Å². The van der Waals surface area contributed by atoms with Gasteiger partial charge in [-0.25, -0.2) is 0 Å². The summed E-state index contributed by atoms with van der Waals surface area (Å²) in [6, 6.07) is 10.7. The first kappa shape index (κ1) is 12.5. The van der Waals surface area contributed by atoms with Crippen LogP contribution in [0.25, 0.3) is 0 Å². The molecule has 0 spiro atoms. The van der Waals surface area contributed by atoms with Gasteiger partial charge in [0.15, 0.2) is 0 Å². The summed E-state index contributed by atoms with van der Waals surface area (Å²) in [5.74, 6) is 0. The fourth-order valence-electron chi connectivity index (χ4n) is 1.71. The maximum absolute atomic E-state index is 5.88. The van der Waals surface area contributed by atoms with E-state index in [0.29, 0.717) is 0 Å². The van der Waals surface area contributed by atoms with Crippen molar-refractivity contribution in [2.75, 3.05) is 5.32 Å². The molecule has 17 heavy (non-hydrogen) atoms. The average Bonchev–Trinajstić information content (AvgIpc) is 2.75. The van der Waals surface area contributed by atoms with Crippen LogP contribution in [0.2, 0.25) is 5.02 Å². The lowest BCUT2D eigenvalue weighted by Gasteiger charge is -2.05. The number of rotatable bonds is 5. The van der Waals surface area contributed by atoms with Crippen LogP contribution in [-0.4, -0.2) is 0 Å². The summed E-state index contributed by atoms with van der Waals surface area (Å²) in [5, 5.41) is 6.18. The van der Waals surface area contributed by atoms with Gasteiger partial charge in [-0.1, -0.05) is 37.1 Å². The van der Waals surface area contributed by atoms with Gasteiger partial charge < -0.3 is 5.32 Å². The standard InChI is InChI=1S/C14H16ClNS/c1-2-3-11-4-6-13(7-5-11)16-9-14-8-12(15)10-17-14/h4-8,10,16H,2-3,9H2,1H3. The van der Waals surface area contributed by atoms with E-state index in [0.717, 1.165) is 23.7 Å². The first-order chi connectivity index (χ1) is 8.28. The number of aryl methyl sites for hydroxylation is 1. The molecule has 0 atom stereocenters. The van der Waals surface area contributed by atoms with Gasteiger partial charge in [0.2, 0.25) is 0 Å². The van der Waals surface area contributed by atoms with E-state index in [9.17, 15) is 0 Å². The zero-order valence-electron chi connectivity index (χ0n) is 9.87. The van der Waals surface area contributed by atoms with Gasteiger partial charge in [0, 0.05) is 22.5 Å². The monoisotopic (exact) mass is 265 g/mol. The van der Waals surface area contributed by atoms with Gasteiger partial charge in [0.1, 0.15) is 0 Å². The van der Waals surface area contributed by atoms with Crippen LogP contribution in [-0.2, 0) is 13.0 Å². The summed E-state index contributed by atoms with van der Waals surface area (Å²) < 4.78 is 0. The molecular formula is C14H16ClNS. The molecule has 90 valence electrons. The number of anilines is 1. The zero-order valence-corrected chi connectivity index (χ0v) is 11.4. The highest BCUT2D eigenvalue weighted by molar-refractivity contribution is 7.10. The van der Waals surface area contributed by atoms with Crippen LogP contribution in [0, 0.1) is 0 Å². The quantitative estimate of drug-likeness (QED) is 0.805. The summed E-state index contributed by atoms with van der Waals surface area (Å²) in [6.45, 7) is 3.04. The van der Waals surface area contributed by atoms with Gasteiger partial charge >= 0.3 is 0 Å². The molecule has 1 aromatic carbocycles. The molecule has 0 unspecified atom stereocenters. The van der Waals surface area contributed by atoms with Crippen molar-refractivity contribution in [3.63, 3.8) is 0 Å². The molecule has 0 amide bonds. The third-order valence-corrected chi connectivity index (χ3v) is 3.87. The molecule has 0 aliphatic carbocycles. The Morgan fingerprint density at radius 2 is 2.00 bits per heavy atom. The summed E-state index contributed by atoms with van der Waals surface area (Å²) in [7, 11) is 0. The van der Waals surface area contributed by atoms with Crippen LogP contribution in [0.4, 0.5) is 5.69 Å². The van der Waals surface area contributed by atoms with Crippen molar-refractivity contribution < 1.29 is 0 Å². The first-order valence-corrected chi connectivity index (χ1v) is 7.09. The molecule has 2 aromatic rings. The van der Waals surface area contributed by atoms with Crippen LogP contribution < -0.4 is 5.32 Å². The molecule has 0 fully saturated rings. The van der Waals surface area contributed by atoms with Gasteiger partial charge in [-0.05, 0) is 30.2 Å².